The Morgan fingerprint density at radius 2 is 1.68 bits per heavy atom. The van der Waals surface area contributed by atoms with Crippen molar-refractivity contribution in [3.63, 3.8) is 0 Å². The average molecular weight is 450 g/mol. The van der Waals surface area contributed by atoms with E-state index < -0.39 is 18.0 Å². The highest BCUT2D eigenvalue weighted by molar-refractivity contribution is 6.00. The number of ether oxygens (including phenoxy) is 1. The fraction of sp³-hybridized carbons (Fsp3) is 0.0714. The van der Waals surface area contributed by atoms with Crippen molar-refractivity contribution in [3.8, 4) is 0 Å². The number of nitrogens with zero attached hydrogens (tertiary/aromatic N) is 1. The number of hydrogen-bond acceptors (Lipinski definition) is 5. The fourth-order valence-corrected chi connectivity index (χ4v) is 3.50. The number of fused-ring (bicyclic) bond motifs is 1. The molecular formula is C28H22N2O4. The van der Waals surface area contributed by atoms with Crippen LogP contribution in [0.4, 0.5) is 5.69 Å². The molecule has 0 saturated heterocycles. The summed E-state index contributed by atoms with van der Waals surface area (Å²) >= 11 is 0. The van der Waals surface area contributed by atoms with Gasteiger partial charge < -0.3 is 10.1 Å². The van der Waals surface area contributed by atoms with Crippen LogP contribution >= 0.6 is 0 Å². The number of para-hydroxylation sites is 1. The minimum absolute atomic E-state index is 0.116. The van der Waals surface area contributed by atoms with E-state index in [-0.39, 0.29) is 5.78 Å². The number of carbonyl (C=O) groups is 3. The normalized spacial score (nSPS) is 11.8. The summed E-state index contributed by atoms with van der Waals surface area (Å²) in [7, 11) is 0. The van der Waals surface area contributed by atoms with Crippen LogP contribution in [0, 0.1) is 0 Å². The van der Waals surface area contributed by atoms with Gasteiger partial charge in [-0.05, 0) is 31.2 Å². The van der Waals surface area contributed by atoms with E-state index in [1.165, 1.54) is 13.0 Å². The molecule has 0 fully saturated rings. The van der Waals surface area contributed by atoms with E-state index >= 15 is 0 Å². The van der Waals surface area contributed by atoms with Gasteiger partial charge >= 0.3 is 5.97 Å². The number of carbonyl (C=O) groups excluding carboxylic acids is 3. The molecule has 0 radical (unpaired) electrons. The average Bonchev–Trinajstić information content (AvgIpc) is 2.86. The van der Waals surface area contributed by atoms with Gasteiger partial charge in [0.1, 0.15) is 0 Å². The molecule has 1 atom stereocenters. The maximum Gasteiger partial charge on any atom is 0.331 e. The molecule has 4 rings (SSSR count). The summed E-state index contributed by atoms with van der Waals surface area (Å²) in [6.07, 6.45) is 3.41. The second-order valence-corrected chi connectivity index (χ2v) is 7.61. The van der Waals surface area contributed by atoms with Crippen molar-refractivity contribution in [3.05, 3.63) is 114 Å². The zero-order valence-corrected chi connectivity index (χ0v) is 18.5. The van der Waals surface area contributed by atoms with Crippen molar-refractivity contribution >= 4 is 40.3 Å². The molecule has 1 amide bonds. The van der Waals surface area contributed by atoms with Crippen molar-refractivity contribution in [2.75, 3.05) is 5.32 Å². The molecule has 1 heterocycles. The standard InChI is InChI=1S/C28H22N2O4/c1-19(31)23-12-6-14-24(18-23)30-28(33)27(22-8-3-2-4-9-22)34-25(32)16-15-21-11-5-10-20-13-7-17-29-26(20)21/h2-18,27H,1H3,(H,30,33)/b16-15+. The third-order valence-corrected chi connectivity index (χ3v) is 5.17. The maximum absolute atomic E-state index is 13.1. The minimum atomic E-state index is -1.18. The van der Waals surface area contributed by atoms with Gasteiger partial charge in [-0.1, -0.05) is 66.7 Å². The van der Waals surface area contributed by atoms with Crippen LogP contribution < -0.4 is 5.32 Å². The van der Waals surface area contributed by atoms with Crippen LogP contribution in [0.2, 0.25) is 0 Å². The zero-order chi connectivity index (χ0) is 23.9. The highest BCUT2D eigenvalue weighted by atomic mass is 16.5. The van der Waals surface area contributed by atoms with Crippen molar-refractivity contribution in [2.45, 2.75) is 13.0 Å². The molecule has 34 heavy (non-hydrogen) atoms. The number of amides is 1. The van der Waals surface area contributed by atoms with Crippen LogP contribution in [0.1, 0.15) is 34.5 Å². The van der Waals surface area contributed by atoms with E-state index in [0.717, 1.165) is 16.5 Å². The second kappa shape index (κ2) is 10.4. The van der Waals surface area contributed by atoms with Gasteiger partial charge in [0.2, 0.25) is 6.10 Å². The first-order valence-electron chi connectivity index (χ1n) is 10.7. The maximum atomic E-state index is 13.1. The summed E-state index contributed by atoms with van der Waals surface area (Å²) in [5, 5.41) is 3.69. The van der Waals surface area contributed by atoms with E-state index in [0.29, 0.717) is 16.8 Å². The van der Waals surface area contributed by atoms with Crippen LogP contribution in [0.5, 0.6) is 0 Å². The predicted molar refractivity (Wildman–Crippen MR) is 131 cm³/mol. The van der Waals surface area contributed by atoms with Crippen molar-refractivity contribution in [2.24, 2.45) is 0 Å². The monoisotopic (exact) mass is 450 g/mol. The smallest absolute Gasteiger partial charge is 0.331 e. The molecule has 168 valence electrons. The number of hydrogen-bond donors (Lipinski definition) is 1. The van der Waals surface area contributed by atoms with Gasteiger partial charge in [-0.15, -0.1) is 0 Å². The van der Waals surface area contributed by atoms with E-state index in [9.17, 15) is 14.4 Å². The molecule has 0 bridgehead atoms. The van der Waals surface area contributed by atoms with E-state index in [4.69, 9.17) is 4.74 Å². The Morgan fingerprint density at radius 1 is 0.912 bits per heavy atom. The Kier molecular flexibility index (Phi) is 6.89. The lowest BCUT2D eigenvalue weighted by Gasteiger charge is -2.17. The number of rotatable bonds is 7. The molecule has 0 spiro atoms. The molecule has 3 aromatic carbocycles. The summed E-state index contributed by atoms with van der Waals surface area (Å²) in [4.78, 5) is 41.8. The van der Waals surface area contributed by atoms with Crippen molar-refractivity contribution in [1.29, 1.82) is 0 Å². The lowest BCUT2D eigenvalue weighted by atomic mass is 10.1. The predicted octanol–water partition coefficient (Wildman–Crippen LogP) is 5.37. The quantitative estimate of drug-likeness (QED) is 0.232. The lowest BCUT2D eigenvalue weighted by molar-refractivity contribution is -0.149. The van der Waals surface area contributed by atoms with Gasteiger partial charge in [0.15, 0.2) is 5.78 Å². The van der Waals surface area contributed by atoms with Gasteiger partial charge in [0.25, 0.3) is 5.91 Å². The number of benzene rings is 3. The van der Waals surface area contributed by atoms with Crippen LogP contribution in [-0.4, -0.2) is 22.6 Å². The lowest BCUT2D eigenvalue weighted by Crippen LogP contribution is -2.25. The minimum Gasteiger partial charge on any atom is -0.444 e. The molecule has 1 aromatic heterocycles. The Morgan fingerprint density at radius 3 is 2.47 bits per heavy atom. The molecule has 0 saturated carbocycles. The summed E-state index contributed by atoms with van der Waals surface area (Å²) < 4.78 is 5.56. The van der Waals surface area contributed by atoms with E-state index in [1.54, 1.807) is 60.8 Å². The molecule has 1 unspecified atom stereocenters. The SMILES string of the molecule is CC(=O)c1cccc(NC(=O)C(OC(=O)/C=C/c2cccc3cccnc23)c2ccccc2)c1. The number of pyridine rings is 1. The molecular weight excluding hydrogens is 428 g/mol. The molecule has 6 nitrogen and oxygen atoms in total. The van der Waals surface area contributed by atoms with Crippen LogP contribution in [0.3, 0.4) is 0 Å². The van der Waals surface area contributed by atoms with Gasteiger partial charge in [-0.2, -0.15) is 0 Å². The third kappa shape index (κ3) is 5.42. The Labute approximate surface area is 196 Å². The molecule has 0 aliphatic heterocycles. The number of esters is 1. The second-order valence-electron chi connectivity index (χ2n) is 7.61. The summed E-state index contributed by atoms with van der Waals surface area (Å²) in [6, 6.07) is 24.8. The van der Waals surface area contributed by atoms with Gasteiger partial charge in [0.05, 0.1) is 5.52 Å². The van der Waals surface area contributed by atoms with E-state index in [2.05, 4.69) is 10.3 Å². The Balaban J connectivity index is 1.55. The Bertz CT molecular complexity index is 1370. The van der Waals surface area contributed by atoms with Crippen LogP contribution in [0.25, 0.3) is 17.0 Å². The molecule has 0 aliphatic rings. The van der Waals surface area contributed by atoms with Gasteiger partial charge in [-0.25, -0.2) is 4.79 Å². The number of Topliss-reactive ketones (excluding diaryl/α,β-unsaturated/α-hetero) is 1. The highest BCUT2D eigenvalue weighted by Crippen LogP contribution is 2.22. The topological polar surface area (TPSA) is 85.4 Å². The molecule has 1 N–H and O–H groups in total. The summed E-state index contributed by atoms with van der Waals surface area (Å²) in [6.45, 7) is 1.45. The number of aromatic nitrogens is 1. The number of anilines is 1. The first-order chi connectivity index (χ1) is 16.5. The van der Waals surface area contributed by atoms with E-state index in [1.807, 2.05) is 36.4 Å². The summed E-state index contributed by atoms with van der Waals surface area (Å²) in [5.74, 6) is -1.31. The summed E-state index contributed by atoms with van der Waals surface area (Å²) in [5.41, 5.74) is 2.95. The molecule has 4 aromatic rings. The fourth-order valence-electron chi connectivity index (χ4n) is 3.50. The van der Waals surface area contributed by atoms with Crippen molar-refractivity contribution in [1.82, 2.24) is 4.98 Å². The molecule has 6 heteroatoms. The van der Waals surface area contributed by atoms with Crippen molar-refractivity contribution < 1.29 is 19.1 Å². The van der Waals surface area contributed by atoms with Gasteiger partial charge in [-0.3, -0.25) is 14.6 Å². The Hall–Kier alpha value is -4.58. The first kappa shape index (κ1) is 22.6. The third-order valence-electron chi connectivity index (χ3n) is 5.17. The first-order valence-corrected chi connectivity index (χ1v) is 10.7. The number of ketones is 1. The van der Waals surface area contributed by atoms with Crippen LogP contribution in [0.15, 0.2) is 97.2 Å². The largest absolute Gasteiger partial charge is 0.444 e. The van der Waals surface area contributed by atoms with Crippen LogP contribution in [-0.2, 0) is 14.3 Å². The zero-order valence-electron chi connectivity index (χ0n) is 18.5. The number of nitrogens with one attached hydrogen (secondary N) is 1. The van der Waals surface area contributed by atoms with Gasteiger partial charge in [0, 0.05) is 40.0 Å². The highest BCUT2D eigenvalue weighted by Gasteiger charge is 2.24. The molecule has 0 aliphatic carbocycles.